The quantitative estimate of drug-likeness (QED) is 0.759. The summed E-state index contributed by atoms with van der Waals surface area (Å²) in [4.78, 5) is 0. The molecule has 1 aromatic rings. The van der Waals surface area contributed by atoms with Crippen LogP contribution in [0.4, 0.5) is 0 Å². The molecule has 5 nitrogen and oxygen atoms in total. The summed E-state index contributed by atoms with van der Waals surface area (Å²) < 4.78 is 2.60. The third kappa shape index (κ3) is 3.00. The number of allylic oxidation sites excluding steroid dienone is 1. The number of quaternary nitrogens is 1. The third-order valence-electron chi connectivity index (χ3n) is 4.83. The van der Waals surface area contributed by atoms with Crippen LogP contribution in [-0.2, 0) is 7.05 Å². The lowest BCUT2D eigenvalue weighted by atomic mass is 9.99. The van der Waals surface area contributed by atoms with Gasteiger partial charge < -0.3 is 0 Å². The van der Waals surface area contributed by atoms with Crippen molar-refractivity contribution < 1.29 is 4.59 Å². The first-order valence-corrected chi connectivity index (χ1v) is 8.30. The topological polar surface area (TPSA) is 42.5 Å². The van der Waals surface area contributed by atoms with E-state index < -0.39 is 0 Å². The number of nitrogens with zero attached hydrogens (tertiary/aromatic N) is 5. The Morgan fingerprint density at radius 3 is 2.59 bits per heavy atom. The molecule has 3 atom stereocenters. The fraction of sp³-hybridized carbons (Fsp3) is 0.706. The molecule has 2 aliphatic rings. The molecule has 3 unspecified atom stereocenters. The molecule has 0 amide bonds. The molecule has 3 rings (SSSR count). The molecule has 1 aromatic heterocycles. The number of hydrogen-bond acceptors (Lipinski definition) is 3. The summed E-state index contributed by atoms with van der Waals surface area (Å²) >= 11 is 0. The summed E-state index contributed by atoms with van der Waals surface area (Å²) in [5.74, 6) is 2.42. The molecule has 0 saturated heterocycles. The van der Waals surface area contributed by atoms with Gasteiger partial charge in [-0.3, -0.25) is 4.68 Å². The van der Waals surface area contributed by atoms with E-state index in [0.717, 1.165) is 11.6 Å². The first-order chi connectivity index (χ1) is 10.3. The Morgan fingerprint density at radius 1 is 1.32 bits per heavy atom. The Bertz CT molecular complexity index is 623. The largest absolute Gasteiger partial charge is 0.272 e. The number of hydrogen-bond donors (Lipinski definition) is 0. The normalized spacial score (nSPS) is 27.3. The van der Waals surface area contributed by atoms with E-state index in [1.807, 2.05) is 14.1 Å². The summed E-state index contributed by atoms with van der Waals surface area (Å²) in [5.41, 5.74) is 3.75. The van der Waals surface area contributed by atoms with Gasteiger partial charge in [0, 0.05) is 29.8 Å². The van der Waals surface area contributed by atoms with Crippen molar-refractivity contribution in [2.75, 3.05) is 14.1 Å². The van der Waals surface area contributed by atoms with Gasteiger partial charge in [0.05, 0.1) is 19.8 Å². The van der Waals surface area contributed by atoms with E-state index in [9.17, 15) is 0 Å². The SMILES string of the molecule is CC(CC1CC1c1cc(C(C)C)nn1C)C1=C[N+](C)(C)N=N1. The van der Waals surface area contributed by atoms with Crippen LogP contribution < -0.4 is 0 Å². The molecule has 1 aliphatic carbocycles. The first kappa shape index (κ1) is 15.4. The van der Waals surface area contributed by atoms with Gasteiger partial charge in [-0.25, -0.2) is 0 Å². The van der Waals surface area contributed by atoms with Crippen LogP contribution in [0, 0.1) is 11.8 Å². The standard InChI is InChI=1S/C17H28N5/c1-11(2)15-9-17(21(4)19-15)14-8-13(14)7-12(3)16-10-22(5,6)20-18-16/h9-14H,7-8H2,1-6H3/q+1. The molecular formula is C17H28N5+. The van der Waals surface area contributed by atoms with Crippen molar-refractivity contribution in [3.8, 4) is 0 Å². The molecular weight excluding hydrogens is 274 g/mol. The maximum Gasteiger partial charge on any atom is 0.147 e. The molecule has 1 aliphatic heterocycles. The molecule has 0 N–H and O–H groups in total. The lowest BCUT2D eigenvalue weighted by molar-refractivity contribution is -0.846. The van der Waals surface area contributed by atoms with Crippen molar-refractivity contribution in [1.82, 2.24) is 9.78 Å². The fourth-order valence-corrected chi connectivity index (χ4v) is 3.35. The van der Waals surface area contributed by atoms with Crippen LogP contribution in [0.5, 0.6) is 0 Å². The Labute approximate surface area is 133 Å². The van der Waals surface area contributed by atoms with E-state index in [0.29, 0.717) is 22.3 Å². The van der Waals surface area contributed by atoms with Crippen LogP contribution >= 0.6 is 0 Å². The van der Waals surface area contributed by atoms with Crippen LogP contribution in [0.3, 0.4) is 0 Å². The van der Waals surface area contributed by atoms with Gasteiger partial charge >= 0.3 is 0 Å². The minimum Gasteiger partial charge on any atom is -0.272 e. The van der Waals surface area contributed by atoms with Crippen molar-refractivity contribution in [3.63, 3.8) is 0 Å². The Kier molecular flexibility index (Phi) is 3.71. The molecule has 0 bridgehead atoms. The number of aromatic nitrogens is 2. The van der Waals surface area contributed by atoms with Gasteiger partial charge in [0.15, 0.2) is 0 Å². The molecule has 0 aromatic carbocycles. The minimum atomic E-state index is 0.483. The average Bonchev–Trinajstić information content (AvgIpc) is 2.88. The zero-order valence-electron chi connectivity index (χ0n) is 14.6. The van der Waals surface area contributed by atoms with Crippen molar-refractivity contribution in [2.24, 2.45) is 29.2 Å². The van der Waals surface area contributed by atoms with Crippen LogP contribution in [0.15, 0.2) is 28.3 Å². The Hall–Kier alpha value is -1.49. The lowest BCUT2D eigenvalue weighted by Gasteiger charge is -2.10. The van der Waals surface area contributed by atoms with E-state index in [4.69, 9.17) is 0 Å². The van der Waals surface area contributed by atoms with Crippen molar-refractivity contribution in [1.29, 1.82) is 0 Å². The summed E-state index contributed by atoms with van der Waals surface area (Å²) in [6.45, 7) is 6.68. The average molecular weight is 302 g/mol. The minimum absolute atomic E-state index is 0.483. The zero-order chi connectivity index (χ0) is 16.1. The highest BCUT2D eigenvalue weighted by atomic mass is 15.7. The van der Waals surface area contributed by atoms with Gasteiger partial charge in [-0.1, -0.05) is 25.9 Å². The van der Waals surface area contributed by atoms with Gasteiger partial charge in [0.1, 0.15) is 11.9 Å². The molecule has 0 radical (unpaired) electrons. The second kappa shape index (κ2) is 5.30. The Balaban J connectivity index is 1.62. The van der Waals surface area contributed by atoms with Gasteiger partial charge in [0.2, 0.25) is 0 Å². The second-order valence-corrected chi connectivity index (χ2v) is 7.73. The van der Waals surface area contributed by atoms with E-state index in [-0.39, 0.29) is 0 Å². The van der Waals surface area contributed by atoms with Crippen molar-refractivity contribution in [2.45, 2.75) is 45.4 Å². The summed E-state index contributed by atoms with van der Waals surface area (Å²) in [6, 6.07) is 2.30. The van der Waals surface area contributed by atoms with Crippen LogP contribution in [0.1, 0.15) is 56.8 Å². The molecule has 0 spiro atoms. The molecule has 1 saturated carbocycles. The maximum atomic E-state index is 4.65. The summed E-state index contributed by atoms with van der Waals surface area (Å²) in [7, 11) is 6.17. The van der Waals surface area contributed by atoms with E-state index in [1.54, 1.807) is 0 Å². The van der Waals surface area contributed by atoms with Crippen LogP contribution in [0.25, 0.3) is 0 Å². The second-order valence-electron chi connectivity index (χ2n) is 7.73. The molecule has 2 heterocycles. The van der Waals surface area contributed by atoms with E-state index >= 15 is 0 Å². The summed E-state index contributed by atoms with van der Waals surface area (Å²) in [5, 5.41) is 13.3. The van der Waals surface area contributed by atoms with Gasteiger partial charge in [-0.05, 0) is 30.7 Å². The van der Waals surface area contributed by atoms with Gasteiger partial charge in [-0.2, -0.15) is 9.69 Å². The van der Waals surface area contributed by atoms with E-state index in [2.05, 4.69) is 60.2 Å². The highest BCUT2D eigenvalue weighted by Gasteiger charge is 2.42. The first-order valence-electron chi connectivity index (χ1n) is 8.30. The maximum absolute atomic E-state index is 4.65. The summed E-state index contributed by atoms with van der Waals surface area (Å²) in [6.07, 6.45) is 4.63. The van der Waals surface area contributed by atoms with Crippen molar-refractivity contribution >= 4 is 0 Å². The predicted molar refractivity (Wildman–Crippen MR) is 87.0 cm³/mol. The molecule has 1 fully saturated rings. The third-order valence-corrected chi connectivity index (χ3v) is 4.83. The zero-order valence-corrected chi connectivity index (χ0v) is 14.6. The van der Waals surface area contributed by atoms with Gasteiger partial charge in [0.25, 0.3) is 0 Å². The van der Waals surface area contributed by atoms with Crippen LogP contribution in [0.2, 0.25) is 0 Å². The van der Waals surface area contributed by atoms with Gasteiger partial charge in [-0.15, -0.1) is 0 Å². The fourth-order valence-electron chi connectivity index (χ4n) is 3.35. The molecule has 5 heteroatoms. The van der Waals surface area contributed by atoms with E-state index in [1.165, 1.54) is 24.2 Å². The smallest absolute Gasteiger partial charge is 0.147 e. The monoisotopic (exact) mass is 302 g/mol. The highest BCUT2D eigenvalue weighted by molar-refractivity contribution is 5.23. The molecule has 22 heavy (non-hydrogen) atoms. The number of rotatable bonds is 5. The predicted octanol–water partition coefficient (Wildman–Crippen LogP) is 3.97. The highest BCUT2D eigenvalue weighted by Crippen LogP contribution is 2.52. The van der Waals surface area contributed by atoms with Crippen molar-refractivity contribution in [3.05, 3.63) is 29.4 Å². The number of aryl methyl sites for hydroxylation is 1. The lowest BCUT2D eigenvalue weighted by Crippen LogP contribution is -2.23. The Morgan fingerprint density at radius 2 is 2.05 bits per heavy atom. The van der Waals surface area contributed by atoms with Crippen LogP contribution in [-0.4, -0.2) is 28.5 Å². The molecule has 120 valence electrons.